The zero-order valence-corrected chi connectivity index (χ0v) is 21.8. The zero-order chi connectivity index (χ0) is 25.9. The van der Waals surface area contributed by atoms with Crippen molar-refractivity contribution in [2.45, 2.75) is 44.4 Å². The highest BCUT2D eigenvalue weighted by Gasteiger charge is 2.25. The SMILES string of the molecule is Cc1ccc(S(=O)(=O)CC(=O)Nc2ccc(C3CCN(C(=O)c4ccc(C)c(C)c4)CC3)cc2)cc1. The van der Waals surface area contributed by atoms with Crippen molar-refractivity contribution in [3.05, 3.63) is 94.5 Å². The Morgan fingerprint density at radius 1 is 0.861 bits per heavy atom. The lowest BCUT2D eigenvalue weighted by Crippen LogP contribution is -2.38. The van der Waals surface area contributed by atoms with Gasteiger partial charge in [-0.05, 0) is 92.6 Å². The van der Waals surface area contributed by atoms with Crippen LogP contribution < -0.4 is 5.32 Å². The molecule has 6 nitrogen and oxygen atoms in total. The van der Waals surface area contributed by atoms with Crippen LogP contribution in [0.25, 0.3) is 0 Å². The second-order valence-electron chi connectivity index (χ2n) is 9.61. The molecule has 0 aliphatic carbocycles. The lowest BCUT2D eigenvalue weighted by atomic mass is 9.89. The monoisotopic (exact) mass is 504 g/mol. The first-order chi connectivity index (χ1) is 17.1. The number of hydrogen-bond acceptors (Lipinski definition) is 4. The van der Waals surface area contributed by atoms with Gasteiger partial charge in [0.05, 0.1) is 4.90 Å². The highest BCUT2D eigenvalue weighted by molar-refractivity contribution is 7.92. The number of likely N-dealkylation sites (tertiary alicyclic amines) is 1. The predicted molar refractivity (Wildman–Crippen MR) is 142 cm³/mol. The second kappa shape index (κ2) is 10.7. The van der Waals surface area contributed by atoms with Gasteiger partial charge in [-0.1, -0.05) is 35.9 Å². The molecule has 0 aromatic heterocycles. The van der Waals surface area contributed by atoms with Gasteiger partial charge in [-0.3, -0.25) is 9.59 Å². The lowest BCUT2D eigenvalue weighted by molar-refractivity contribution is -0.113. The summed E-state index contributed by atoms with van der Waals surface area (Å²) in [4.78, 5) is 27.3. The van der Waals surface area contributed by atoms with Gasteiger partial charge in [-0.15, -0.1) is 0 Å². The third-order valence-electron chi connectivity index (χ3n) is 6.90. The number of carbonyl (C=O) groups is 2. The van der Waals surface area contributed by atoms with Gasteiger partial charge in [0.2, 0.25) is 5.91 Å². The Morgan fingerprint density at radius 3 is 2.11 bits per heavy atom. The molecule has 1 heterocycles. The first-order valence-electron chi connectivity index (χ1n) is 12.2. The lowest BCUT2D eigenvalue weighted by Gasteiger charge is -2.32. The van der Waals surface area contributed by atoms with E-state index in [0.29, 0.717) is 24.7 Å². The molecule has 0 radical (unpaired) electrons. The first-order valence-corrected chi connectivity index (χ1v) is 13.8. The van der Waals surface area contributed by atoms with E-state index in [0.717, 1.165) is 35.1 Å². The minimum atomic E-state index is -3.70. The Balaban J connectivity index is 1.31. The topological polar surface area (TPSA) is 83.6 Å². The number of piperidine rings is 1. The Labute approximate surface area is 213 Å². The molecule has 1 saturated heterocycles. The molecule has 7 heteroatoms. The van der Waals surface area contributed by atoms with Crippen molar-refractivity contribution in [3.63, 3.8) is 0 Å². The van der Waals surface area contributed by atoms with Crippen LogP contribution in [-0.2, 0) is 14.6 Å². The summed E-state index contributed by atoms with van der Waals surface area (Å²) >= 11 is 0. The van der Waals surface area contributed by atoms with Gasteiger partial charge in [-0.2, -0.15) is 0 Å². The molecule has 1 fully saturated rings. The van der Waals surface area contributed by atoms with Crippen molar-refractivity contribution in [3.8, 4) is 0 Å². The van der Waals surface area contributed by atoms with Gasteiger partial charge in [0, 0.05) is 24.3 Å². The third-order valence-corrected chi connectivity index (χ3v) is 8.54. The fraction of sp³-hybridized carbons (Fsp3) is 0.310. The van der Waals surface area contributed by atoms with Crippen LogP contribution in [0.3, 0.4) is 0 Å². The maximum Gasteiger partial charge on any atom is 0.253 e. The quantitative estimate of drug-likeness (QED) is 0.510. The molecule has 2 amide bonds. The number of amides is 2. The van der Waals surface area contributed by atoms with Crippen molar-refractivity contribution in [2.75, 3.05) is 24.2 Å². The molecule has 4 rings (SSSR count). The Bertz CT molecular complexity index is 1360. The molecule has 36 heavy (non-hydrogen) atoms. The summed E-state index contributed by atoms with van der Waals surface area (Å²) in [7, 11) is -3.70. The fourth-order valence-electron chi connectivity index (χ4n) is 4.51. The van der Waals surface area contributed by atoms with Gasteiger partial charge in [0.15, 0.2) is 9.84 Å². The van der Waals surface area contributed by atoms with Gasteiger partial charge in [-0.25, -0.2) is 8.42 Å². The van der Waals surface area contributed by atoms with Crippen LogP contribution >= 0.6 is 0 Å². The third kappa shape index (κ3) is 6.02. The maximum absolute atomic E-state index is 12.9. The number of hydrogen-bond donors (Lipinski definition) is 1. The van der Waals surface area contributed by atoms with E-state index in [1.807, 2.05) is 56.0 Å². The summed E-state index contributed by atoms with van der Waals surface area (Å²) in [6.07, 6.45) is 1.74. The summed E-state index contributed by atoms with van der Waals surface area (Å²) < 4.78 is 25.0. The summed E-state index contributed by atoms with van der Waals surface area (Å²) in [6.45, 7) is 7.34. The second-order valence-corrected chi connectivity index (χ2v) is 11.6. The average molecular weight is 505 g/mol. The minimum Gasteiger partial charge on any atom is -0.339 e. The Kier molecular flexibility index (Phi) is 7.59. The fourth-order valence-corrected chi connectivity index (χ4v) is 5.64. The molecule has 1 N–H and O–H groups in total. The van der Waals surface area contributed by atoms with E-state index in [4.69, 9.17) is 0 Å². The molecule has 188 valence electrons. The van der Waals surface area contributed by atoms with Crippen molar-refractivity contribution in [1.29, 1.82) is 0 Å². The standard InChI is InChI=1S/C29H32N2O4S/c1-20-4-12-27(13-5-20)36(34,35)19-28(32)30-26-10-8-23(9-11-26)24-14-16-31(17-15-24)29(33)25-7-6-21(2)22(3)18-25/h4-13,18,24H,14-17,19H2,1-3H3,(H,30,32). The van der Waals surface area contributed by atoms with Crippen molar-refractivity contribution >= 4 is 27.3 Å². The molecule has 0 unspecified atom stereocenters. The summed E-state index contributed by atoms with van der Waals surface area (Å²) in [6, 6.07) is 19.9. The van der Waals surface area contributed by atoms with E-state index in [-0.39, 0.29) is 10.8 Å². The molecule has 1 aliphatic heterocycles. The number of benzene rings is 3. The number of carbonyl (C=O) groups excluding carboxylic acids is 2. The Morgan fingerprint density at radius 2 is 1.50 bits per heavy atom. The average Bonchev–Trinajstić information content (AvgIpc) is 2.86. The van der Waals surface area contributed by atoms with Crippen LogP contribution in [0.1, 0.15) is 51.4 Å². The molecule has 3 aromatic rings. The van der Waals surface area contributed by atoms with Crippen LogP contribution in [0.5, 0.6) is 0 Å². The van der Waals surface area contributed by atoms with E-state index < -0.39 is 21.5 Å². The van der Waals surface area contributed by atoms with Gasteiger partial charge >= 0.3 is 0 Å². The normalized spacial score (nSPS) is 14.5. The minimum absolute atomic E-state index is 0.0789. The maximum atomic E-state index is 12.9. The molecule has 0 bridgehead atoms. The van der Waals surface area contributed by atoms with Crippen molar-refractivity contribution in [1.82, 2.24) is 4.90 Å². The highest BCUT2D eigenvalue weighted by Crippen LogP contribution is 2.29. The van der Waals surface area contributed by atoms with Crippen LogP contribution in [0.2, 0.25) is 0 Å². The van der Waals surface area contributed by atoms with Crippen LogP contribution in [-0.4, -0.2) is 44.0 Å². The number of rotatable bonds is 6. The molecular formula is C29H32N2O4S. The van der Waals surface area contributed by atoms with E-state index in [2.05, 4.69) is 5.32 Å². The zero-order valence-electron chi connectivity index (χ0n) is 21.0. The molecule has 3 aromatic carbocycles. The van der Waals surface area contributed by atoms with Crippen molar-refractivity contribution in [2.24, 2.45) is 0 Å². The van der Waals surface area contributed by atoms with Crippen LogP contribution in [0.4, 0.5) is 5.69 Å². The summed E-state index contributed by atoms with van der Waals surface area (Å²) in [5.74, 6) is -0.762. The number of aryl methyl sites for hydroxylation is 3. The number of sulfone groups is 1. The molecule has 0 saturated carbocycles. The largest absolute Gasteiger partial charge is 0.339 e. The van der Waals surface area contributed by atoms with E-state index in [1.165, 1.54) is 17.7 Å². The van der Waals surface area contributed by atoms with Crippen LogP contribution in [0, 0.1) is 20.8 Å². The molecule has 1 aliphatic rings. The van der Waals surface area contributed by atoms with E-state index >= 15 is 0 Å². The smallest absolute Gasteiger partial charge is 0.253 e. The highest BCUT2D eigenvalue weighted by atomic mass is 32.2. The molecule has 0 spiro atoms. The first kappa shape index (κ1) is 25.6. The number of anilines is 1. The van der Waals surface area contributed by atoms with E-state index in [1.54, 1.807) is 24.3 Å². The summed E-state index contributed by atoms with van der Waals surface area (Å²) in [5.41, 5.74) is 5.70. The van der Waals surface area contributed by atoms with Gasteiger partial charge < -0.3 is 10.2 Å². The Hall–Kier alpha value is -3.45. The van der Waals surface area contributed by atoms with Gasteiger partial charge in [0.25, 0.3) is 5.91 Å². The summed E-state index contributed by atoms with van der Waals surface area (Å²) in [5, 5.41) is 2.69. The molecular weight excluding hydrogens is 472 g/mol. The molecule has 0 atom stereocenters. The van der Waals surface area contributed by atoms with Crippen LogP contribution in [0.15, 0.2) is 71.6 Å². The number of nitrogens with one attached hydrogen (secondary N) is 1. The number of nitrogens with zero attached hydrogens (tertiary/aromatic N) is 1. The van der Waals surface area contributed by atoms with E-state index in [9.17, 15) is 18.0 Å². The van der Waals surface area contributed by atoms with Gasteiger partial charge in [0.1, 0.15) is 5.75 Å². The van der Waals surface area contributed by atoms with Crippen molar-refractivity contribution < 1.29 is 18.0 Å². The predicted octanol–water partition coefficient (Wildman–Crippen LogP) is 5.04.